The molecule has 0 atom stereocenters. The Morgan fingerprint density at radius 3 is 2.45 bits per heavy atom. The number of halogens is 1. The van der Waals surface area contributed by atoms with Gasteiger partial charge in [0.1, 0.15) is 5.82 Å². The summed E-state index contributed by atoms with van der Waals surface area (Å²) in [6.07, 6.45) is 7.69. The van der Waals surface area contributed by atoms with Crippen molar-refractivity contribution in [1.82, 2.24) is 5.32 Å². The zero-order chi connectivity index (χ0) is 20.9. The Balaban J connectivity index is 1.69. The van der Waals surface area contributed by atoms with E-state index in [4.69, 9.17) is 0 Å². The smallest absolute Gasteiger partial charge is 0.251 e. The fourth-order valence-corrected chi connectivity index (χ4v) is 4.21. The molecule has 1 N–H and O–H groups in total. The molecule has 0 saturated carbocycles. The molecule has 2 aromatic carbocycles. The number of benzene rings is 2. The minimum absolute atomic E-state index is 0.00224. The van der Waals surface area contributed by atoms with Gasteiger partial charge in [0.25, 0.3) is 5.91 Å². The molecule has 0 fully saturated rings. The number of allylic oxidation sites excluding steroid dienone is 1. The van der Waals surface area contributed by atoms with E-state index in [0.29, 0.717) is 17.7 Å². The van der Waals surface area contributed by atoms with E-state index in [1.807, 2.05) is 0 Å². The lowest BCUT2D eigenvalue weighted by Gasteiger charge is -2.23. The van der Waals surface area contributed by atoms with Crippen LogP contribution in [0.4, 0.5) is 10.1 Å². The normalized spacial score (nSPS) is 14.2. The summed E-state index contributed by atoms with van der Waals surface area (Å²) in [6.45, 7) is 0.532. The van der Waals surface area contributed by atoms with Crippen LogP contribution in [0.5, 0.6) is 0 Å². The molecule has 1 aliphatic rings. The third-order valence-corrected chi connectivity index (χ3v) is 6.05. The first-order valence-corrected chi connectivity index (χ1v) is 11.5. The average Bonchev–Trinajstić information content (AvgIpc) is 2.71. The molecule has 0 bridgehead atoms. The van der Waals surface area contributed by atoms with Crippen LogP contribution in [0.15, 0.2) is 60.2 Å². The Labute approximate surface area is 171 Å². The molecule has 3 rings (SSSR count). The molecule has 0 saturated heterocycles. The van der Waals surface area contributed by atoms with Crippen LogP contribution < -0.4 is 9.62 Å². The highest BCUT2D eigenvalue weighted by Crippen LogP contribution is 2.24. The summed E-state index contributed by atoms with van der Waals surface area (Å²) in [6, 6.07) is 12.4. The molecule has 1 amide bonds. The quantitative estimate of drug-likeness (QED) is 0.693. The molecule has 0 spiro atoms. The van der Waals surface area contributed by atoms with Gasteiger partial charge in [-0.25, -0.2) is 12.8 Å². The summed E-state index contributed by atoms with van der Waals surface area (Å²) < 4.78 is 39.5. The number of amides is 1. The largest absolute Gasteiger partial charge is 0.348 e. The summed E-state index contributed by atoms with van der Waals surface area (Å²) >= 11 is 0. The van der Waals surface area contributed by atoms with Crippen LogP contribution in [0.2, 0.25) is 0 Å². The van der Waals surface area contributed by atoms with E-state index in [0.717, 1.165) is 29.8 Å². The van der Waals surface area contributed by atoms with E-state index in [1.165, 1.54) is 30.2 Å². The summed E-state index contributed by atoms with van der Waals surface area (Å²) in [5, 5.41) is 2.92. The Kier molecular flexibility index (Phi) is 6.69. The zero-order valence-corrected chi connectivity index (χ0v) is 17.2. The monoisotopic (exact) mass is 416 g/mol. The van der Waals surface area contributed by atoms with Gasteiger partial charge >= 0.3 is 0 Å². The van der Waals surface area contributed by atoms with Gasteiger partial charge in [0.2, 0.25) is 10.0 Å². The highest BCUT2D eigenvalue weighted by atomic mass is 32.2. The van der Waals surface area contributed by atoms with Gasteiger partial charge in [-0.3, -0.25) is 9.10 Å². The van der Waals surface area contributed by atoms with E-state index >= 15 is 0 Å². The van der Waals surface area contributed by atoms with Crippen molar-refractivity contribution in [2.45, 2.75) is 32.2 Å². The van der Waals surface area contributed by atoms with Gasteiger partial charge in [-0.15, -0.1) is 0 Å². The van der Waals surface area contributed by atoms with Gasteiger partial charge in [-0.1, -0.05) is 35.9 Å². The maximum atomic E-state index is 14.1. The van der Waals surface area contributed by atoms with Crippen molar-refractivity contribution in [3.63, 3.8) is 0 Å². The van der Waals surface area contributed by atoms with Crippen LogP contribution in [-0.2, 0) is 16.6 Å². The number of nitrogens with zero attached hydrogens (tertiary/aromatic N) is 1. The molecule has 0 unspecified atom stereocenters. The molecule has 0 aromatic heterocycles. The molecular weight excluding hydrogens is 391 g/mol. The molecule has 29 heavy (non-hydrogen) atoms. The second-order valence-electron chi connectivity index (χ2n) is 7.21. The minimum atomic E-state index is -3.68. The molecular formula is C22H25FN2O3S. The topological polar surface area (TPSA) is 66.5 Å². The Morgan fingerprint density at radius 2 is 1.83 bits per heavy atom. The SMILES string of the molecule is CS(=O)(=O)N(Cc1ccc(C(=O)NCC2=CCCCC2)cc1)c1ccccc1F. The number of carbonyl (C=O) groups excluding carboxylic acids is 1. The molecule has 154 valence electrons. The van der Waals surface area contributed by atoms with Gasteiger partial charge in [-0.05, 0) is 55.5 Å². The van der Waals surface area contributed by atoms with E-state index in [1.54, 1.807) is 30.3 Å². The number of hydrogen-bond acceptors (Lipinski definition) is 3. The number of carbonyl (C=O) groups is 1. The molecule has 2 aromatic rings. The summed E-state index contributed by atoms with van der Waals surface area (Å²) in [4.78, 5) is 12.4. The second kappa shape index (κ2) is 9.22. The van der Waals surface area contributed by atoms with Crippen LogP contribution in [-0.4, -0.2) is 27.1 Å². The van der Waals surface area contributed by atoms with Crippen molar-refractivity contribution in [2.24, 2.45) is 0 Å². The fourth-order valence-electron chi connectivity index (χ4n) is 3.32. The maximum Gasteiger partial charge on any atom is 0.251 e. The number of hydrogen-bond donors (Lipinski definition) is 1. The van der Waals surface area contributed by atoms with Gasteiger partial charge in [0.05, 0.1) is 18.5 Å². The predicted molar refractivity (Wildman–Crippen MR) is 113 cm³/mol. The molecule has 0 heterocycles. The molecule has 1 aliphatic carbocycles. The minimum Gasteiger partial charge on any atom is -0.348 e. The number of nitrogens with one attached hydrogen (secondary N) is 1. The molecule has 0 radical (unpaired) electrons. The molecule has 5 nitrogen and oxygen atoms in total. The van der Waals surface area contributed by atoms with Crippen molar-refractivity contribution in [3.05, 3.63) is 77.1 Å². The van der Waals surface area contributed by atoms with Crippen molar-refractivity contribution >= 4 is 21.6 Å². The van der Waals surface area contributed by atoms with Gasteiger partial charge in [-0.2, -0.15) is 0 Å². The summed E-state index contributed by atoms with van der Waals surface area (Å²) in [5.74, 6) is -0.775. The van der Waals surface area contributed by atoms with Gasteiger partial charge in [0.15, 0.2) is 0 Å². The number of sulfonamides is 1. The van der Waals surface area contributed by atoms with E-state index in [-0.39, 0.29) is 18.1 Å². The van der Waals surface area contributed by atoms with Gasteiger partial charge in [0, 0.05) is 12.1 Å². The number of anilines is 1. The summed E-state index contributed by atoms with van der Waals surface area (Å²) in [7, 11) is -3.68. The third kappa shape index (κ3) is 5.67. The Bertz CT molecular complexity index is 1000. The second-order valence-corrected chi connectivity index (χ2v) is 9.12. The average molecular weight is 417 g/mol. The standard InChI is InChI=1S/C22H25FN2O3S/c1-29(27,28)25(21-10-6-5-9-20(21)23)16-18-11-13-19(14-12-18)22(26)24-15-17-7-3-2-4-8-17/h5-7,9-14H,2-4,8,15-16H2,1H3,(H,24,26). The van der Waals surface area contributed by atoms with Crippen LogP contribution in [0.1, 0.15) is 41.6 Å². The molecule has 0 aliphatic heterocycles. The zero-order valence-electron chi connectivity index (χ0n) is 16.4. The highest BCUT2D eigenvalue weighted by molar-refractivity contribution is 7.92. The lowest BCUT2D eigenvalue weighted by molar-refractivity contribution is 0.0956. The van der Waals surface area contributed by atoms with Crippen LogP contribution in [0.25, 0.3) is 0 Å². The first-order chi connectivity index (χ1) is 13.8. The van der Waals surface area contributed by atoms with E-state index in [9.17, 15) is 17.6 Å². The van der Waals surface area contributed by atoms with Crippen molar-refractivity contribution in [1.29, 1.82) is 0 Å². The van der Waals surface area contributed by atoms with Gasteiger partial charge < -0.3 is 5.32 Å². The van der Waals surface area contributed by atoms with E-state index < -0.39 is 15.8 Å². The first kappa shape index (κ1) is 21.0. The Hall–Kier alpha value is -2.67. The Morgan fingerprint density at radius 1 is 1.10 bits per heavy atom. The predicted octanol–water partition coefficient (Wildman–Crippen LogP) is 4.02. The fraction of sp³-hybridized carbons (Fsp3) is 0.318. The van der Waals surface area contributed by atoms with E-state index in [2.05, 4.69) is 11.4 Å². The van der Waals surface area contributed by atoms with Crippen molar-refractivity contribution in [2.75, 3.05) is 17.1 Å². The highest BCUT2D eigenvalue weighted by Gasteiger charge is 2.21. The van der Waals surface area contributed by atoms with Crippen LogP contribution in [0.3, 0.4) is 0 Å². The maximum absolute atomic E-state index is 14.1. The lowest BCUT2D eigenvalue weighted by atomic mass is 9.99. The summed E-state index contributed by atoms with van der Waals surface area (Å²) in [5.41, 5.74) is 2.42. The lowest BCUT2D eigenvalue weighted by Crippen LogP contribution is -2.30. The number of para-hydroxylation sites is 1. The molecule has 7 heteroatoms. The van der Waals surface area contributed by atoms with Crippen LogP contribution >= 0.6 is 0 Å². The first-order valence-electron chi connectivity index (χ1n) is 9.62. The van der Waals surface area contributed by atoms with Crippen molar-refractivity contribution < 1.29 is 17.6 Å². The third-order valence-electron chi connectivity index (χ3n) is 4.92. The van der Waals surface area contributed by atoms with Crippen LogP contribution in [0, 0.1) is 5.82 Å². The van der Waals surface area contributed by atoms with Crippen molar-refractivity contribution in [3.8, 4) is 0 Å². The number of rotatable bonds is 7.